The first-order chi connectivity index (χ1) is 12.3. The topological polar surface area (TPSA) is 63.2 Å². The first-order valence-corrected chi connectivity index (χ1v) is 23.8. The van der Waals surface area contributed by atoms with Gasteiger partial charge in [-0.15, -0.1) is 0 Å². The molecule has 1 heterocycles. The van der Waals surface area contributed by atoms with Gasteiger partial charge in [-0.3, -0.25) is 0 Å². The second kappa shape index (κ2) is 9.12. The molecule has 0 aromatic rings. The highest BCUT2D eigenvalue weighted by molar-refractivity contribution is 6.71. The highest BCUT2D eigenvalue weighted by Crippen LogP contribution is 2.31. The van der Waals surface area contributed by atoms with Crippen molar-refractivity contribution in [3.63, 3.8) is 0 Å². The summed E-state index contributed by atoms with van der Waals surface area (Å²) in [5.41, 5.74) is 0. The normalized spacial score (nSPS) is 27.6. The molecule has 0 aromatic heterocycles. The van der Waals surface area contributed by atoms with E-state index in [1.54, 1.807) is 0 Å². The summed E-state index contributed by atoms with van der Waals surface area (Å²) in [5, 5.41) is 0. The summed E-state index contributed by atoms with van der Waals surface area (Å²) in [4.78, 5) is 12.9. The number of rotatable bonds is 9. The van der Waals surface area contributed by atoms with Gasteiger partial charge in [0.1, 0.15) is 12.2 Å². The lowest BCUT2D eigenvalue weighted by Gasteiger charge is -2.47. The Labute approximate surface area is 176 Å². The molecular weight excluding hydrogens is 425 g/mol. The van der Waals surface area contributed by atoms with E-state index < -0.39 is 51.6 Å². The van der Waals surface area contributed by atoms with Crippen molar-refractivity contribution in [1.82, 2.24) is 0 Å². The molecule has 1 saturated heterocycles. The Kier molecular flexibility index (Phi) is 8.54. The number of esters is 1. The van der Waals surface area contributed by atoms with E-state index in [0.29, 0.717) is 6.61 Å². The summed E-state index contributed by atoms with van der Waals surface area (Å²) in [6.07, 6.45) is -2.08. The Morgan fingerprint density at radius 3 is 1.50 bits per heavy atom. The van der Waals surface area contributed by atoms with Crippen molar-refractivity contribution >= 4 is 39.2 Å². The summed E-state index contributed by atoms with van der Waals surface area (Å²) in [5.74, 6) is -0.356. The Morgan fingerprint density at radius 2 is 1.11 bits per heavy atom. The van der Waals surface area contributed by atoms with Crippen molar-refractivity contribution in [3.05, 3.63) is 0 Å². The number of carbonyl (C=O) groups is 1. The van der Waals surface area contributed by atoms with Gasteiger partial charge in [0.15, 0.2) is 45.5 Å². The molecule has 10 heteroatoms. The van der Waals surface area contributed by atoms with Gasteiger partial charge in [0.2, 0.25) is 0 Å². The van der Waals surface area contributed by atoms with Crippen molar-refractivity contribution < 1.29 is 27.2 Å². The Morgan fingerprint density at radius 1 is 0.679 bits per heavy atom. The zero-order valence-electron chi connectivity index (χ0n) is 20.0. The Hall–Kier alpha value is 0.178. The van der Waals surface area contributed by atoms with E-state index in [1.807, 2.05) is 0 Å². The number of ether oxygens (including phenoxy) is 1. The van der Waals surface area contributed by atoms with Crippen LogP contribution in [0.4, 0.5) is 0 Å². The van der Waals surface area contributed by atoms with Gasteiger partial charge >= 0.3 is 5.97 Å². The zero-order valence-corrected chi connectivity index (χ0v) is 24.0. The average Bonchev–Trinajstić information content (AvgIpc) is 2.39. The second-order valence-electron chi connectivity index (χ2n) is 11.4. The molecule has 1 aliphatic rings. The largest absolute Gasteiger partial charge is 0.455 e. The molecule has 4 atom stereocenters. The van der Waals surface area contributed by atoms with E-state index in [2.05, 4.69) is 78.6 Å². The molecule has 0 radical (unpaired) electrons. The number of carbonyl (C=O) groups excluding carboxylic acids is 1. The van der Waals surface area contributed by atoms with Crippen LogP contribution in [0.3, 0.4) is 0 Å². The van der Waals surface area contributed by atoms with Gasteiger partial charge in [0.05, 0.1) is 6.61 Å². The van der Waals surface area contributed by atoms with Gasteiger partial charge in [0, 0.05) is 0 Å². The van der Waals surface area contributed by atoms with Gasteiger partial charge in [-0.05, 0) is 78.6 Å². The molecule has 166 valence electrons. The van der Waals surface area contributed by atoms with Crippen molar-refractivity contribution in [2.45, 2.75) is 103 Å². The minimum Gasteiger partial charge on any atom is -0.455 e. The van der Waals surface area contributed by atoms with E-state index in [4.69, 9.17) is 22.4 Å². The molecule has 0 bridgehead atoms. The van der Waals surface area contributed by atoms with Crippen molar-refractivity contribution in [2.24, 2.45) is 0 Å². The number of hydrogen-bond donors (Lipinski definition) is 0. The molecule has 6 nitrogen and oxygen atoms in total. The van der Waals surface area contributed by atoms with Gasteiger partial charge in [-0.2, -0.15) is 0 Å². The third kappa shape index (κ3) is 9.79. The SMILES string of the molecule is C[Si](C)(C)OC[C@H]1OC(=O)C(O[Si](C)(C)C)[C@@H](O[Si](C)(C)C)[C@@H]1O[Si](C)(C)C. The molecule has 1 rings (SSSR count). The predicted octanol–water partition coefficient (Wildman–Crippen LogP) is 4.42. The smallest absolute Gasteiger partial charge is 0.337 e. The minimum atomic E-state index is -2.00. The molecule has 0 saturated carbocycles. The summed E-state index contributed by atoms with van der Waals surface area (Å²) in [6, 6.07) is 0. The molecule has 0 spiro atoms. The summed E-state index contributed by atoms with van der Waals surface area (Å²) in [6.45, 7) is 25.7. The van der Waals surface area contributed by atoms with Crippen LogP contribution < -0.4 is 0 Å². The van der Waals surface area contributed by atoms with Crippen molar-refractivity contribution in [3.8, 4) is 0 Å². The number of cyclic esters (lactones) is 1. The van der Waals surface area contributed by atoms with Crippen LogP contribution >= 0.6 is 0 Å². The van der Waals surface area contributed by atoms with Crippen molar-refractivity contribution in [1.29, 1.82) is 0 Å². The van der Waals surface area contributed by atoms with Gasteiger partial charge in [-0.1, -0.05) is 0 Å². The fourth-order valence-corrected chi connectivity index (χ4v) is 6.68. The molecule has 0 aromatic carbocycles. The van der Waals surface area contributed by atoms with Crippen LogP contribution in [0.5, 0.6) is 0 Å². The van der Waals surface area contributed by atoms with Gasteiger partial charge < -0.3 is 22.4 Å². The summed E-state index contributed by atoms with van der Waals surface area (Å²) < 4.78 is 31.2. The van der Waals surface area contributed by atoms with Crippen LogP contribution in [0.1, 0.15) is 0 Å². The molecule has 28 heavy (non-hydrogen) atoms. The molecule has 0 N–H and O–H groups in total. The van der Waals surface area contributed by atoms with Crippen LogP contribution in [-0.4, -0.2) is 70.3 Å². The van der Waals surface area contributed by atoms with Crippen molar-refractivity contribution in [2.75, 3.05) is 6.61 Å². The molecule has 0 aliphatic carbocycles. The Bertz CT molecular complexity index is 530. The maximum atomic E-state index is 12.9. The zero-order chi connectivity index (χ0) is 22.1. The standard InChI is InChI=1S/C18H42O6Si4/c1-25(2,3)20-13-14-15(22-26(4,5)6)16(23-27(7,8)9)17(18(19)21-14)24-28(10,11)12/h14-17H,13H2,1-12H3/t14-,15-,16+,17?/m1/s1. The number of hydrogen-bond acceptors (Lipinski definition) is 6. The molecule has 1 aliphatic heterocycles. The highest BCUT2D eigenvalue weighted by Gasteiger charge is 2.52. The monoisotopic (exact) mass is 466 g/mol. The summed E-state index contributed by atoms with van der Waals surface area (Å²) in [7, 11) is -7.66. The third-order valence-electron chi connectivity index (χ3n) is 3.63. The van der Waals surface area contributed by atoms with Gasteiger partial charge in [-0.25, -0.2) is 4.79 Å². The van der Waals surface area contributed by atoms with E-state index in [-0.39, 0.29) is 12.1 Å². The molecular formula is C18H42O6Si4. The first-order valence-electron chi connectivity index (χ1n) is 10.2. The maximum absolute atomic E-state index is 12.9. The van der Waals surface area contributed by atoms with Crippen LogP contribution in [0.15, 0.2) is 0 Å². The van der Waals surface area contributed by atoms with Crippen LogP contribution in [0, 0.1) is 0 Å². The lowest BCUT2D eigenvalue weighted by atomic mass is 10.0. The average molecular weight is 467 g/mol. The predicted molar refractivity (Wildman–Crippen MR) is 124 cm³/mol. The maximum Gasteiger partial charge on any atom is 0.337 e. The first kappa shape index (κ1) is 26.2. The summed E-state index contributed by atoms with van der Waals surface area (Å²) >= 11 is 0. The van der Waals surface area contributed by atoms with Crippen LogP contribution in [0.2, 0.25) is 78.6 Å². The molecule has 1 fully saturated rings. The lowest BCUT2D eigenvalue weighted by Crippen LogP contribution is -2.64. The van der Waals surface area contributed by atoms with E-state index >= 15 is 0 Å². The van der Waals surface area contributed by atoms with Gasteiger partial charge in [0.25, 0.3) is 0 Å². The van der Waals surface area contributed by atoms with E-state index in [1.165, 1.54) is 0 Å². The third-order valence-corrected chi connectivity index (χ3v) is 7.58. The lowest BCUT2D eigenvalue weighted by molar-refractivity contribution is -0.198. The Balaban J connectivity index is 3.28. The second-order valence-corrected chi connectivity index (χ2v) is 29.3. The van der Waals surface area contributed by atoms with Crippen LogP contribution in [0.25, 0.3) is 0 Å². The van der Waals surface area contributed by atoms with E-state index in [9.17, 15) is 4.79 Å². The quantitative estimate of drug-likeness (QED) is 0.370. The van der Waals surface area contributed by atoms with Crippen LogP contribution in [-0.2, 0) is 27.2 Å². The molecule has 0 amide bonds. The fourth-order valence-electron chi connectivity index (χ4n) is 2.85. The van der Waals surface area contributed by atoms with E-state index in [0.717, 1.165) is 0 Å². The fraction of sp³-hybridized carbons (Fsp3) is 0.944. The highest BCUT2D eigenvalue weighted by atomic mass is 28.4. The minimum absolute atomic E-state index is 0.335. The molecule has 1 unspecified atom stereocenters.